The van der Waals surface area contributed by atoms with Crippen molar-refractivity contribution in [3.63, 3.8) is 0 Å². The van der Waals surface area contributed by atoms with Crippen molar-refractivity contribution in [3.05, 3.63) is 89.0 Å². The van der Waals surface area contributed by atoms with E-state index in [1.54, 1.807) is 12.1 Å². The Kier molecular flexibility index (Phi) is 4.89. The lowest BCUT2D eigenvalue weighted by atomic mass is 9.94. The molecule has 0 aliphatic rings. The van der Waals surface area contributed by atoms with Gasteiger partial charge in [0.2, 0.25) is 0 Å². The number of rotatable bonds is 5. The summed E-state index contributed by atoms with van der Waals surface area (Å²) in [5.74, 6) is -1.14. The summed E-state index contributed by atoms with van der Waals surface area (Å²) < 4.78 is 15.2. The highest BCUT2D eigenvalue weighted by Crippen LogP contribution is 2.34. The van der Waals surface area contributed by atoms with Crippen molar-refractivity contribution in [2.75, 3.05) is 0 Å². The summed E-state index contributed by atoms with van der Waals surface area (Å²) in [4.78, 5) is 16.2. The maximum Gasteiger partial charge on any atom is 0.307 e. The Hall–Kier alpha value is -3.47. The number of pyridine rings is 1. The number of hydrogen-bond donors (Lipinski definition) is 1. The van der Waals surface area contributed by atoms with Crippen LogP contribution in [0, 0.1) is 19.7 Å². The normalized spacial score (nSPS) is 11.1. The first-order valence-electron chi connectivity index (χ1n) is 9.44. The van der Waals surface area contributed by atoms with Crippen LogP contribution in [0.15, 0.2) is 60.8 Å². The standard InChI is InChI=1S/C24H21FN2O2/c1-15-3-7-18(8-4-15)23-20-11-12-27(14-17-5-9-19(25)10-6-17)24(20)26-16(2)21(23)13-22(28)29/h3-12H,13-14H2,1-2H3,(H,28,29). The average molecular weight is 388 g/mol. The molecule has 0 fully saturated rings. The van der Waals surface area contributed by atoms with Crippen molar-refractivity contribution in [1.29, 1.82) is 0 Å². The summed E-state index contributed by atoms with van der Waals surface area (Å²) in [6.07, 6.45) is 1.86. The first-order valence-corrected chi connectivity index (χ1v) is 9.44. The quantitative estimate of drug-likeness (QED) is 0.515. The van der Waals surface area contributed by atoms with E-state index in [-0.39, 0.29) is 12.2 Å². The SMILES string of the molecule is Cc1ccc(-c2c(CC(=O)O)c(C)nc3c2ccn3Cc2ccc(F)cc2)cc1. The molecule has 4 nitrogen and oxygen atoms in total. The zero-order chi connectivity index (χ0) is 20.5. The minimum absolute atomic E-state index is 0.0822. The van der Waals surface area contributed by atoms with Crippen molar-refractivity contribution < 1.29 is 14.3 Å². The Morgan fingerprint density at radius 2 is 1.72 bits per heavy atom. The molecule has 1 N–H and O–H groups in total. The molecule has 5 heteroatoms. The molecule has 0 atom stereocenters. The summed E-state index contributed by atoms with van der Waals surface area (Å²) in [7, 11) is 0. The molecular weight excluding hydrogens is 367 g/mol. The predicted molar refractivity (Wildman–Crippen MR) is 111 cm³/mol. The van der Waals surface area contributed by atoms with Gasteiger partial charge in [-0.05, 0) is 54.3 Å². The number of hydrogen-bond acceptors (Lipinski definition) is 2. The molecule has 0 unspecified atom stereocenters. The fourth-order valence-corrected chi connectivity index (χ4v) is 3.69. The van der Waals surface area contributed by atoms with Crippen LogP contribution in [0.3, 0.4) is 0 Å². The third kappa shape index (κ3) is 3.76. The van der Waals surface area contributed by atoms with Gasteiger partial charge in [0.25, 0.3) is 0 Å². The molecule has 0 saturated heterocycles. The molecule has 0 spiro atoms. The van der Waals surface area contributed by atoms with Crippen LogP contribution in [0.2, 0.25) is 0 Å². The van der Waals surface area contributed by atoms with E-state index in [2.05, 4.69) is 0 Å². The van der Waals surface area contributed by atoms with E-state index in [0.717, 1.165) is 38.9 Å². The van der Waals surface area contributed by atoms with Gasteiger partial charge in [-0.1, -0.05) is 42.0 Å². The Bertz CT molecular complexity index is 1190. The first kappa shape index (κ1) is 18.9. The van der Waals surface area contributed by atoms with Crippen LogP contribution >= 0.6 is 0 Å². The Morgan fingerprint density at radius 1 is 1.03 bits per heavy atom. The number of carboxylic acid groups (broad SMARTS) is 1. The summed E-state index contributed by atoms with van der Waals surface area (Å²) in [6.45, 7) is 4.43. The van der Waals surface area contributed by atoms with E-state index in [1.165, 1.54) is 12.1 Å². The van der Waals surface area contributed by atoms with Crippen molar-refractivity contribution in [3.8, 4) is 11.1 Å². The van der Waals surface area contributed by atoms with E-state index in [1.807, 2.05) is 54.9 Å². The minimum atomic E-state index is -0.881. The van der Waals surface area contributed by atoms with Gasteiger partial charge in [0, 0.05) is 23.8 Å². The maximum absolute atomic E-state index is 13.2. The third-order valence-electron chi connectivity index (χ3n) is 5.15. The smallest absolute Gasteiger partial charge is 0.307 e. The Balaban J connectivity index is 1.90. The van der Waals surface area contributed by atoms with Crippen LogP contribution in [0.1, 0.15) is 22.4 Å². The zero-order valence-corrected chi connectivity index (χ0v) is 16.3. The van der Waals surface area contributed by atoms with E-state index in [9.17, 15) is 14.3 Å². The van der Waals surface area contributed by atoms with Gasteiger partial charge in [0.05, 0.1) is 6.42 Å². The Morgan fingerprint density at radius 3 is 2.38 bits per heavy atom. The topological polar surface area (TPSA) is 55.1 Å². The molecule has 0 saturated carbocycles. The molecule has 0 aliphatic carbocycles. The molecule has 4 rings (SSSR count). The Labute approximate surface area is 168 Å². The molecule has 2 aromatic carbocycles. The van der Waals surface area contributed by atoms with Crippen LogP contribution in [-0.2, 0) is 17.8 Å². The number of aromatic nitrogens is 2. The summed E-state index contributed by atoms with van der Waals surface area (Å²) in [5.41, 5.74) is 6.22. The number of nitrogens with zero attached hydrogens (tertiary/aromatic N) is 2. The van der Waals surface area contributed by atoms with Gasteiger partial charge in [-0.25, -0.2) is 9.37 Å². The predicted octanol–water partition coefficient (Wildman–Crippen LogP) is 5.13. The molecule has 146 valence electrons. The number of carboxylic acids is 1. The molecule has 2 heterocycles. The van der Waals surface area contributed by atoms with Gasteiger partial charge >= 0.3 is 5.97 Å². The molecule has 0 aliphatic heterocycles. The van der Waals surface area contributed by atoms with Crippen molar-refractivity contribution in [2.24, 2.45) is 0 Å². The molecule has 29 heavy (non-hydrogen) atoms. The summed E-state index contributed by atoms with van der Waals surface area (Å²) in [5, 5.41) is 10.4. The van der Waals surface area contributed by atoms with Crippen molar-refractivity contribution >= 4 is 17.0 Å². The second kappa shape index (κ2) is 7.51. The van der Waals surface area contributed by atoms with E-state index >= 15 is 0 Å². The highest BCUT2D eigenvalue weighted by Gasteiger charge is 2.19. The van der Waals surface area contributed by atoms with Gasteiger partial charge in [0.15, 0.2) is 0 Å². The van der Waals surface area contributed by atoms with Gasteiger partial charge in [-0.3, -0.25) is 4.79 Å². The average Bonchev–Trinajstić information content (AvgIpc) is 3.07. The van der Waals surface area contributed by atoms with Crippen LogP contribution in [0.25, 0.3) is 22.2 Å². The number of aryl methyl sites for hydroxylation is 2. The number of aliphatic carboxylic acids is 1. The highest BCUT2D eigenvalue weighted by atomic mass is 19.1. The highest BCUT2D eigenvalue weighted by molar-refractivity contribution is 5.97. The monoisotopic (exact) mass is 388 g/mol. The van der Waals surface area contributed by atoms with Gasteiger partial charge in [-0.15, -0.1) is 0 Å². The fraction of sp³-hybridized carbons (Fsp3) is 0.167. The first-order chi connectivity index (χ1) is 13.9. The number of fused-ring (bicyclic) bond motifs is 1. The number of halogens is 1. The molecule has 2 aromatic heterocycles. The maximum atomic E-state index is 13.2. The van der Waals surface area contributed by atoms with Crippen LogP contribution in [0.4, 0.5) is 4.39 Å². The van der Waals surface area contributed by atoms with Gasteiger partial charge < -0.3 is 9.67 Å². The third-order valence-corrected chi connectivity index (χ3v) is 5.15. The second-order valence-electron chi connectivity index (χ2n) is 7.29. The molecule has 0 bridgehead atoms. The second-order valence-corrected chi connectivity index (χ2v) is 7.29. The lowest BCUT2D eigenvalue weighted by Crippen LogP contribution is -2.07. The molecule has 4 aromatic rings. The largest absolute Gasteiger partial charge is 0.481 e. The van der Waals surface area contributed by atoms with Crippen LogP contribution in [0.5, 0.6) is 0 Å². The fourth-order valence-electron chi connectivity index (χ4n) is 3.69. The van der Waals surface area contributed by atoms with E-state index in [0.29, 0.717) is 12.2 Å². The summed E-state index contributed by atoms with van der Waals surface area (Å²) >= 11 is 0. The van der Waals surface area contributed by atoms with Crippen LogP contribution < -0.4 is 0 Å². The summed E-state index contributed by atoms with van der Waals surface area (Å²) in [6, 6.07) is 16.5. The van der Waals surface area contributed by atoms with E-state index in [4.69, 9.17) is 4.98 Å². The zero-order valence-electron chi connectivity index (χ0n) is 16.3. The van der Waals surface area contributed by atoms with Crippen LogP contribution in [-0.4, -0.2) is 20.6 Å². The lowest BCUT2D eigenvalue weighted by molar-refractivity contribution is -0.136. The van der Waals surface area contributed by atoms with Crippen molar-refractivity contribution in [1.82, 2.24) is 9.55 Å². The molecule has 0 amide bonds. The molecule has 0 radical (unpaired) electrons. The number of benzene rings is 2. The van der Waals surface area contributed by atoms with Gasteiger partial charge in [0.1, 0.15) is 11.5 Å². The minimum Gasteiger partial charge on any atom is -0.481 e. The van der Waals surface area contributed by atoms with E-state index < -0.39 is 5.97 Å². The number of carbonyl (C=O) groups is 1. The van der Waals surface area contributed by atoms with Crippen molar-refractivity contribution in [2.45, 2.75) is 26.8 Å². The van der Waals surface area contributed by atoms with Gasteiger partial charge in [-0.2, -0.15) is 0 Å². The molecular formula is C24H21FN2O2. The lowest BCUT2D eigenvalue weighted by Gasteiger charge is -2.14.